The molecule has 1 aliphatic heterocycles. The van der Waals surface area contributed by atoms with Crippen molar-refractivity contribution in [3.63, 3.8) is 0 Å². The van der Waals surface area contributed by atoms with Gasteiger partial charge >= 0.3 is 0 Å². The van der Waals surface area contributed by atoms with Gasteiger partial charge in [0.15, 0.2) is 0 Å². The minimum Gasteiger partial charge on any atom is -0.457 e. The summed E-state index contributed by atoms with van der Waals surface area (Å²) in [5.41, 5.74) is 4.53. The second-order valence-electron chi connectivity index (χ2n) is 9.27. The number of likely N-dealkylation sites (N-methyl/N-ethyl adjacent to an activating group) is 1. The predicted octanol–water partition coefficient (Wildman–Crippen LogP) is 4.81. The number of aryl methyl sites for hydroxylation is 2. The quantitative estimate of drug-likeness (QED) is 0.439. The standard InChI is InChI=1S/C28H31N5O2/c1-4-19-14-20(8-10-25(19)28(34)31-22-6-5-13-32(2)18-22)26-15-24(11-12-29-26)35-23-9-7-21-17-30-33(3)27(21)16-23/h7-12,14-17,22H,4-6,13,18H2,1-3H3,(H,31,34). The molecule has 1 atom stereocenters. The number of nitrogens with one attached hydrogen (secondary N) is 1. The van der Waals surface area contributed by atoms with Gasteiger partial charge in [0.25, 0.3) is 5.91 Å². The van der Waals surface area contributed by atoms with Crippen molar-refractivity contribution in [3.8, 4) is 22.8 Å². The van der Waals surface area contributed by atoms with Gasteiger partial charge in [-0.3, -0.25) is 14.5 Å². The van der Waals surface area contributed by atoms with Gasteiger partial charge in [-0.1, -0.05) is 13.0 Å². The van der Waals surface area contributed by atoms with Crippen LogP contribution < -0.4 is 10.1 Å². The topological polar surface area (TPSA) is 72.3 Å². The lowest BCUT2D eigenvalue weighted by molar-refractivity contribution is 0.0911. The molecule has 1 unspecified atom stereocenters. The molecule has 0 saturated carbocycles. The van der Waals surface area contributed by atoms with E-state index in [0.717, 1.165) is 71.4 Å². The van der Waals surface area contributed by atoms with Crippen molar-refractivity contribution in [1.29, 1.82) is 0 Å². The molecule has 1 aliphatic rings. The van der Waals surface area contributed by atoms with E-state index in [2.05, 4.69) is 40.3 Å². The molecule has 5 rings (SSSR count). The summed E-state index contributed by atoms with van der Waals surface area (Å²) in [5, 5.41) is 8.59. The highest BCUT2D eigenvalue weighted by atomic mass is 16.5. The molecule has 4 aromatic rings. The Hall–Kier alpha value is -3.71. The largest absolute Gasteiger partial charge is 0.457 e. The maximum atomic E-state index is 13.0. The third-order valence-corrected chi connectivity index (χ3v) is 6.67. The van der Waals surface area contributed by atoms with Crippen molar-refractivity contribution in [3.05, 3.63) is 72.1 Å². The molecule has 1 saturated heterocycles. The van der Waals surface area contributed by atoms with Crippen LogP contribution in [0, 0.1) is 0 Å². The number of fused-ring (bicyclic) bond motifs is 1. The molecule has 2 aromatic carbocycles. The van der Waals surface area contributed by atoms with Crippen LogP contribution in [0.3, 0.4) is 0 Å². The molecule has 35 heavy (non-hydrogen) atoms. The third kappa shape index (κ3) is 5.05. The number of carbonyl (C=O) groups excluding carboxylic acids is 1. The molecule has 0 spiro atoms. The van der Waals surface area contributed by atoms with Crippen LogP contribution in [0.5, 0.6) is 11.5 Å². The van der Waals surface area contributed by atoms with E-state index in [9.17, 15) is 4.79 Å². The van der Waals surface area contributed by atoms with Crippen LogP contribution in [0.1, 0.15) is 35.7 Å². The summed E-state index contributed by atoms with van der Waals surface area (Å²) in [6, 6.07) is 15.9. The smallest absolute Gasteiger partial charge is 0.251 e. The van der Waals surface area contributed by atoms with E-state index in [0.29, 0.717) is 5.75 Å². The zero-order valence-electron chi connectivity index (χ0n) is 20.5. The second kappa shape index (κ2) is 9.88. The molecular formula is C28H31N5O2. The van der Waals surface area contributed by atoms with E-state index < -0.39 is 0 Å². The normalized spacial score (nSPS) is 16.4. The number of hydrogen-bond acceptors (Lipinski definition) is 5. The molecule has 3 heterocycles. The summed E-state index contributed by atoms with van der Waals surface area (Å²) < 4.78 is 7.97. The molecule has 7 nitrogen and oxygen atoms in total. The average Bonchev–Trinajstić information content (AvgIpc) is 3.23. The number of benzene rings is 2. The van der Waals surface area contributed by atoms with Gasteiger partial charge in [-0.2, -0.15) is 5.10 Å². The van der Waals surface area contributed by atoms with Crippen molar-refractivity contribution in [2.45, 2.75) is 32.2 Å². The molecule has 0 aliphatic carbocycles. The number of likely N-dealkylation sites (tertiary alicyclic amines) is 1. The molecule has 1 fully saturated rings. The van der Waals surface area contributed by atoms with E-state index in [1.54, 1.807) is 6.20 Å². The Morgan fingerprint density at radius 3 is 2.80 bits per heavy atom. The van der Waals surface area contributed by atoms with Gasteiger partial charge < -0.3 is 15.0 Å². The van der Waals surface area contributed by atoms with Gasteiger partial charge in [-0.05, 0) is 68.8 Å². The predicted molar refractivity (Wildman–Crippen MR) is 138 cm³/mol. The van der Waals surface area contributed by atoms with Gasteiger partial charge in [0, 0.05) is 54.5 Å². The van der Waals surface area contributed by atoms with Crippen LogP contribution in [0.25, 0.3) is 22.2 Å². The number of hydrogen-bond donors (Lipinski definition) is 1. The van der Waals surface area contributed by atoms with Crippen LogP contribution in [0.4, 0.5) is 0 Å². The van der Waals surface area contributed by atoms with E-state index in [-0.39, 0.29) is 11.9 Å². The fourth-order valence-corrected chi connectivity index (χ4v) is 4.77. The summed E-state index contributed by atoms with van der Waals surface area (Å²) >= 11 is 0. The first kappa shape index (κ1) is 23.1. The van der Waals surface area contributed by atoms with Crippen LogP contribution in [-0.2, 0) is 13.5 Å². The minimum absolute atomic E-state index is 0.00398. The van der Waals surface area contributed by atoms with Gasteiger partial charge in [-0.15, -0.1) is 0 Å². The van der Waals surface area contributed by atoms with Crippen molar-refractivity contribution < 1.29 is 9.53 Å². The van der Waals surface area contributed by atoms with Crippen molar-refractivity contribution in [1.82, 2.24) is 25.0 Å². The lowest BCUT2D eigenvalue weighted by atomic mass is 9.98. The molecule has 0 bridgehead atoms. The van der Waals surface area contributed by atoms with E-state index in [1.807, 2.05) is 60.4 Å². The Kier molecular flexibility index (Phi) is 6.51. The Morgan fingerprint density at radius 1 is 1.11 bits per heavy atom. The molecule has 180 valence electrons. The molecule has 7 heteroatoms. The molecule has 1 N–H and O–H groups in total. The number of ether oxygens (including phenoxy) is 1. The summed E-state index contributed by atoms with van der Waals surface area (Å²) in [4.78, 5) is 19.9. The van der Waals surface area contributed by atoms with Crippen molar-refractivity contribution >= 4 is 16.8 Å². The first-order valence-electron chi connectivity index (χ1n) is 12.2. The maximum Gasteiger partial charge on any atom is 0.251 e. The summed E-state index contributed by atoms with van der Waals surface area (Å²) in [6.07, 6.45) is 6.49. The fourth-order valence-electron chi connectivity index (χ4n) is 4.77. The molecule has 1 amide bonds. The van der Waals surface area contributed by atoms with Crippen LogP contribution in [0.15, 0.2) is 60.9 Å². The summed E-state index contributed by atoms with van der Waals surface area (Å²) in [7, 11) is 4.02. The monoisotopic (exact) mass is 469 g/mol. The Balaban J connectivity index is 1.35. The lowest BCUT2D eigenvalue weighted by Crippen LogP contribution is -2.46. The van der Waals surface area contributed by atoms with Crippen LogP contribution in [0.2, 0.25) is 0 Å². The number of piperidine rings is 1. The van der Waals surface area contributed by atoms with E-state index >= 15 is 0 Å². The Bertz CT molecular complexity index is 1360. The zero-order chi connectivity index (χ0) is 24.4. The van der Waals surface area contributed by atoms with Crippen molar-refractivity contribution in [2.75, 3.05) is 20.1 Å². The second-order valence-corrected chi connectivity index (χ2v) is 9.27. The Morgan fingerprint density at radius 2 is 1.97 bits per heavy atom. The molecule has 0 radical (unpaired) electrons. The average molecular weight is 470 g/mol. The van der Waals surface area contributed by atoms with Gasteiger partial charge in [0.1, 0.15) is 11.5 Å². The zero-order valence-corrected chi connectivity index (χ0v) is 20.5. The lowest BCUT2D eigenvalue weighted by Gasteiger charge is -2.30. The summed E-state index contributed by atoms with van der Waals surface area (Å²) in [6.45, 7) is 4.07. The summed E-state index contributed by atoms with van der Waals surface area (Å²) in [5.74, 6) is 1.45. The van der Waals surface area contributed by atoms with Crippen molar-refractivity contribution in [2.24, 2.45) is 7.05 Å². The number of pyridine rings is 1. The van der Waals surface area contributed by atoms with E-state index in [4.69, 9.17) is 4.74 Å². The number of rotatable bonds is 6. The van der Waals surface area contributed by atoms with Crippen LogP contribution in [-0.4, -0.2) is 51.8 Å². The van der Waals surface area contributed by atoms with Gasteiger partial charge in [-0.25, -0.2) is 0 Å². The number of aromatic nitrogens is 3. The number of nitrogens with zero attached hydrogens (tertiary/aromatic N) is 4. The fraction of sp³-hybridized carbons (Fsp3) is 0.321. The highest BCUT2D eigenvalue weighted by Crippen LogP contribution is 2.29. The van der Waals surface area contributed by atoms with Gasteiger partial charge in [0.05, 0.1) is 17.4 Å². The highest BCUT2D eigenvalue weighted by Gasteiger charge is 2.21. The Labute approximate surface area is 205 Å². The SMILES string of the molecule is CCc1cc(-c2cc(Oc3ccc4cnn(C)c4c3)ccn2)ccc1C(=O)NC1CCCN(C)C1. The van der Waals surface area contributed by atoms with Crippen LogP contribution >= 0.6 is 0 Å². The maximum absolute atomic E-state index is 13.0. The molecule has 2 aromatic heterocycles. The number of amides is 1. The van der Waals surface area contributed by atoms with Gasteiger partial charge in [0.2, 0.25) is 0 Å². The van der Waals surface area contributed by atoms with E-state index in [1.165, 1.54) is 0 Å². The number of carbonyl (C=O) groups is 1. The first-order valence-corrected chi connectivity index (χ1v) is 12.2. The highest BCUT2D eigenvalue weighted by molar-refractivity contribution is 5.96. The third-order valence-electron chi connectivity index (χ3n) is 6.67. The minimum atomic E-state index is 0.00398. The molecular weight excluding hydrogens is 438 g/mol. The first-order chi connectivity index (χ1) is 17.0.